The number of hydrogen-bond acceptors (Lipinski definition) is 8. The van der Waals surface area contributed by atoms with Gasteiger partial charge in [-0.2, -0.15) is 4.98 Å². The summed E-state index contributed by atoms with van der Waals surface area (Å²) in [5.74, 6) is 0.118. The fourth-order valence-electron chi connectivity index (χ4n) is 3.07. The van der Waals surface area contributed by atoms with E-state index in [2.05, 4.69) is 53.8 Å². The van der Waals surface area contributed by atoms with Gasteiger partial charge in [0.25, 0.3) is 5.56 Å². The van der Waals surface area contributed by atoms with E-state index in [1.54, 1.807) is 23.6 Å². The normalized spacial score (nSPS) is 25.1. The minimum absolute atomic E-state index is 0.102. The quantitative estimate of drug-likeness (QED) is 0.335. The molecule has 31 heavy (non-hydrogen) atoms. The zero-order valence-electron chi connectivity index (χ0n) is 19.0. The maximum absolute atomic E-state index is 12.5. The van der Waals surface area contributed by atoms with Gasteiger partial charge < -0.3 is 24.3 Å². The van der Waals surface area contributed by atoms with Crippen LogP contribution in [-0.4, -0.2) is 88.3 Å². The van der Waals surface area contributed by atoms with Crippen molar-refractivity contribution in [3.05, 3.63) is 16.7 Å². The molecule has 3 N–H and O–H groups in total. The first-order valence-electron chi connectivity index (χ1n) is 10.2. The summed E-state index contributed by atoms with van der Waals surface area (Å²) >= 11 is 0. The van der Waals surface area contributed by atoms with Crippen LogP contribution < -0.4 is 5.56 Å². The number of nitrogens with zero attached hydrogens (tertiary/aromatic N) is 5. The third-order valence-corrected chi connectivity index (χ3v) is 10.3. The molecule has 3 rings (SSSR count). The van der Waals surface area contributed by atoms with Crippen molar-refractivity contribution < 1.29 is 19.4 Å². The van der Waals surface area contributed by atoms with Crippen molar-refractivity contribution in [2.75, 3.05) is 20.7 Å². The molecule has 0 aliphatic carbocycles. The molecule has 1 aliphatic rings. The van der Waals surface area contributed by atoms with Gasteiger partial charge in [-0.1, -0.05) is 20.8 Å². The molecule has 172 valence electrons. The highest BCUT2D eigenvalue weighted by molar-refractivity contribution is 6.74. The molecule has 1 aliphatic heterocycles. The van der Waals surface area contributed by atoms with E-state index in [9.17, 15) is 15.0 Å². The van der Waals surface area contributed by atoms with E-state index in [1.165, 1.54) is 12.7 Å². The van der Waals surface area contributed by atoms with Crippen molar-refractivity contribution in [3.63, 3.8) is 0 Å². The number of aromatic nitrogens is 4. The minimum Gasteiger partial charge on any atom is -0.407 e. The maximum atomic E-state index is 12.5. The lowest BCUT2D eigenvalue weighted by Crippen LogP contribution is -2.48. The lowest BCUT2D eigenvalue weighted by molar-refractivity contribution is -0.0497. The Labute approximate surface area is 181 Å². The van der Waals surface area contributed by atoms with Gasteiger partial charge in [-0.15, -0.1) is 0 Å². The molecule has 4 atom stereocenters. The summed E-state index contributed by atoms with van der Waals surface area (Å²) in [6.45, 7) is 10.1. The average Bonchev–Trinajstić information content (AvgIpc) is 3.21. The summed E-state index contributed by atoms with van der Waals surface area (Å²) in [7, 11) is 1.31. The largest absolute Gasteiger partial charge is 0.407 e. The predicted octanol–water partition coefficient (Wildman–Crippen LogP) is 0.982. The highest BCUT2D eigenvalue weighted by atomic mass is 28.4. The number of H-pyrrole nitrogens is 1. The highest BCUT2D eigenvalue weighted by Gasteiger charge is 2.50. The number of rotatable bonds is 6. The molecule has 3 heterocycles. The first-order valence-corrected chi connectivity index (χ1v) is 13.1. The minimum atomic E-state index is -2.30. The predicted molar refractivity (Wildman–Crippen MR) is 119 cm³/mol. The van der Waals surface area contributed by atoms with E-state index in [-0.39, 0.29) is 28.8 Å². The monoisotopic (exact) mass is 452 g/mol. The molecule has 12 heteroatoms. The number of fused-ring (bicyclic) bond motifs is 1. The number of nitrogens with one attached hydrogen (secondary N) is 1. The van der Waals surface area contributed by atoms with Gasteiger partial charge in [-0.05, 0) is 18.1 Å². The fourth-order valence-corrected chi connectivity index (χ4v) is 4.36. The van der Waals surface area contributed by atoms with Crippen LogP contribution in [0.4, 0.5) is 5.95 Å². The Morgan fingerprint density at radius 3 is 2.68 bits per heavy atom. The Morgan fingerprint density at radius 2 is 2.10 bits per heavy atom. The third kappa shape index (κ3) is 4.57. The SMILES string of the molecule is CN(C)C=Nc1nc2c(ncn2[C@@H]2O[C@H](CO)[C@@H](O)[C@H]2O[Si](C)(C)C(C)(C)C)c(=O)[nH]1. The van der Waals surface area contributed by atoms with E-state index >= 15 is 0 Å². The van der Waals surface area contributed by atoms with Crippen molar-refractivity contribution in [3.8, 4) is 0 Å². The smallest absolute Gasteiger partial charge is 0.280 e. The first kappa shape index (κ1) is 23.5. The zero-order chi connectivity index (χ0) is 23.1. The molecule has 0 unspecified atom stereocenters. The Kier molecular flexibility index (Phi) is 6.40. The van der Waals surface area contributed by atoms with Crippen LogP contribution in [0.25, 0.3) is 11.2 Å². The molecule has 1 fully saturated rings. The molecule has 0 spiro atoms. The molecule has 0 saturated carbocycles. The third-order valence-electron chi connectivity index (χ3n) is 5.83. The fraction of sp³-hybridized carbons (Fsp3) is 0.684. The van der Waals surface area contributed by atoms with Gasteiger partial charge in [-0.3, -0.25) is 14.3 Å². The number of aliphatic hydroxyl groups is 2. The van der Waals surface area contributed by atoms with Crippen LogP contribution in [0.2, 0.25) is 18.1 Å². The van der Waals surface area contributed by atoms with Crippen molar-refractivity contribution in [1.82, 2.24) is 24.4 Å². The number of aromatic amines is 1. The summed E-state index contributed by atoms with van der Waals surface area (Å²) in [6, 6.07) is 0. The van der Waals surface area contributed by atoms with Crippen molar-refractivity contribution >= 4 is 31.8 Å². The van der Waals surface area contributed by atoms with Gasteiger partial charge in [0.1, 0.15) is 18.3 Å². The van der Waals surface area contributed by atoms with Crippen LogP contribution in [-0.2, 0) is 9.16 Å². The van der Waals surface area contributed by atoms with Crippen molar-refractivity contribution in [1.29, 1.82) is 0 Å². The van der Waals surface area contributed by atoms with Crippen LogP contribution in [0, 0.1) is 0 Å². The molecule has 2 aromatic rings. The van der Waals surface area contributed by atoms with Crippen LogP contribution >= 0.6 is 0 Å². The second-order valence-electron chi connectivity index (χ2n) is 9.50. The van der Waals surface area contributed by atoms with Gasteiger partial charge in [-0.25, -0.2) is 9.98 Å². The zero-order valence-corrected chi connectivity index (χ0v) is 20.0. The molecule has 0 aromatic carbocycles. The van der Waals surface area contributed by atoms with E-state index in [1.807, 2.05) is 0 Å². The summed E-state index contributed by atoms with van der Waals surface area (Å²) in [5, 5.41) is 20.4. The number of hydrogen-bond donors (Lipinski definition) is 3. The topological polar surface area (TPSA) is 138 Å². The van der Waals surface area contributed by atoms with Gasteiger partial charge in [0, 0.05) is 14.1 Å². The Balaban J connectivity index is 2.07. The Morgan fingerprint density at radius 1 is 1.42 bits per heavy atom. The Bertz CT molecular complexity index is 1010. The summed E-state index contributed by atoms with van der Waals surface area (Å²) in [4.78, 5) is 29.5. The highest BCUT2D eigenvalue weighted by Crippen LogP contribution is 2.42. The molecule has 2 aromatic heterocycles. The summed E-state index contributed by atoms with van der Waals surface area (Å²) in [6.07, 6.45) is -0.492. The van der Waals surface area contributed by atoms with Crippen LogP contribution in [0.15, 0.2) is 16.1 Å². The summed E-state index contributed by atoms with van der Waals surface area (Å²) < 4.78 is 14.0. The second-order valence-corrected chi connectivity index (χ2v) is 14.3. The maximum Gasteiger partial charge on any atom is 0.280 e. The molecular formula is C19H32N6O5Si. The number of aliphatic imine (C=N–C) groups is 1. The Hall–Kier alpha value is -2.12. The standard InChI is InChI=1S/C19H32N6O5Si/c1-19(2,3)31(6,7)30-14-13(27)11(8-26)29-17(14)25-10-20-12-15(25)22-18(23-16(12)28)21-9-24(4)5/h9-11,13-14,17,26-27H,8H2,1-7H3,(H,22,23,28)/t11-,13-,14-,17-/m1/s1. The molecule has 0 radical (unpaired) electrons. The van der Waals surface area contributed by atoms with Crippen LogP contribution in [0.3, 0.4) is 0 Å². The van der Waals surface area contributed by atoms with E-state index < -0.39 is 38.4 Å². The van der Waals surface area contributed by atoms with E-state index in [4.69, 9.17) is 9.16 Å². The van der Waals surface area contributed by atoms with Crippen molar-refractivity contribution in [2.45, 2.75) is 63.4 Å². The van der Waals surface area contributed by atoms with Crippen molar-refractivity contribution in [2.24, 2.45) is 4.99 Å². The van der Waals surface area contributed by atoms with E-state index in [0.29, 0.717) is 0 Å². The van der Waals surface area contributed by atoms with Crippen LogP contribution in [0.1, 0.15) is 27.0 Å². The van der Waals surface area contributed by atoms with Gasteiger partial charge >= 0.3 is 0 Å². The number of ether oxygens (including phenoxy) is 1. The van der Waals surface area contributed by atoms with E-state index in [0.717, 1.165) is 0 Å². The average molecular weight is 453 g/mol. The number of aliphatic hydroxyl groups excluding tert-OH is 2. The second kappa shape index (κ2) is 8.43. The van der Waals surface area contributed by atoms with Gasteiger partial charge in [0.15, 0.2) is 25.7 Å². The molecule has 11 nitrogen and oxygen atoms in total. The molecule has 1 saturated heterocycles. The lowest BCUT2D eigenvalue weighted by atomic mass is 10.1. The molecule has 0 amide bonds. The van der Waals surface area contributed by atoms with Gasteiger partial charge in [0.05, 0.1) is 19.3 Å². The lowest BCUT2D eigenvalue weighted by Gasteiger charge is -2.40. The molecular weight excluding hydrogens is 420 g/mol. The first-order chi connectivity index (χ1) is 14.4. The summed E-state index contributed by atoms with van der Waals surface area (Å²) in [5.41, 5.74) is -0.0523. The number of imidazole rings is 1. The van der Waals surface area contributed by atoms with Crippen LogP contribution in [0.5, 0.6) is 0 Å². The molecule has 0 bridgehead atoms. The van der Waals surface area contributed by atoms with Gasteiger partial charge in [0.2, 0.25) is 5.95 Å².